The van der Waals surface area contributed by atoms with Crippen molar-refractivity contribution in [1.29, 1.82) is 0 Å². The van der Waals surface area contributed by atoms with Crippen LogP contribution in [0.4, 0.5) is 28.9 Å². The monoisotopic (exact) mass is 396 g/mol. The van der Waals surface area contributed by atoms with Crippen molar-refractivity contribution in [3.63, 3.8) is 0 Å². The van der Waals surface area contributed by atoms with Crippen LogP contribution in [0.3, 0.4) is 0 Å². The van der Waals surface area contributed by atoms with Gasteiger partial charge in [-0.05, 0) is 42.3 Å². The molecule has 0 aliphatic carbocycles. The molecule has 1 saturated heterocycles. The number of amides is 1. The molecule has 1 aliphatic rings. The molecule has 150 valence electrons. The van der Waals surface area contributed by atoms with E-state index in [1.807, 2.05) is 31.3 Å². The Kier molecular flexibility index (Phi) is 5.88. The first-order valence-corrected chi connectivity index (χ1v) is 8.81. The summed E-state index contributed by atoms with van der Waals surface area (Å²) in [7, 11) is 1.82. The van der Waals surface area contributed by atoms with E-state index in [0.29, 0.717) is 19.1 Å². The topological polar surface area (TPSA) is 50.4 Å². The van der Waals surface area contributed by atoms with Crippen molar-refractivity contribution in [2.75, 3.05) is 30.9 Å². The molecule has 8 heteroatoms. The van der Waals surface area contributed by atoms with Crippen LogP contribution < -0.4 is 10.6 Å². The maximum atomic E-state index is 14.0. The zero-order valence-corrected chi connectivity index (χ0v) is 15.1. The second-order valence-electron chi connectivity index (χ2n) is 6.72. The molecule has 0 saturated carbocycles. The van der Waals surface area contributed by atoms with E-state index in [2.05, 4.69) is 10.6 Å². The third-order valence-electron chi connectivity index (χ3n) is 4.80. The van der Waals surface area contributed by atoms with Crippen LogP contribution in [0.25, 0.3) is 0 Å². The van der Waals surface area contributed by atoms with E-state index in [9.17, 15) is 22.4 Å². The van der Waals surface area contributed by atoms with Crippen LogP contribution >= 0.6 is 0 Å². The summed E-state index contributed by atoms with van der Waals surface area (Å²) in [6.45, 7) is 0.649. The quantitative estimate of drug-likeness (QED) is 0.740. The predicted molar refractivity (Wildman–Crippen MR) is 97.7 cm³/mol. The lowest BCUT2D eigenvalue weighted by molar-refractivity contribution is -0.137. The lowest BCUT2D eigenvalue weighted by Crippen LogP contribution is -2.33. The van der Waals surface area contributed by atoms with Gasteiger partial charge in [-0.15, -0.1) is 0 Å². The number of ether oxygens (including phenoxy) is 1. The Morgan fingerprint density at radius 2 is 1.82 bits per heavy atom. The Balaban J connectivity index is 1.67. The van der Waals surface area contributed by atoms with E-state index in [1.54, 1.807) is 0 Å². The number of halogens is 4. The molecule has 0 aromatic heterocycles. The molecule has 2 aromatic carbocycles. The molecular formula is C20H20F4N2O2. The highest BCUT2D eigenvalue weighted by molar-refractivity contribution is 5.92. The SMILES string of the molecule is CNc1ccc(C2COCC(C(=O)Nc3ccc(C(F)(F)F)cc3F)C2)cc1. The maximum Gasteiger partial charge on any atom is 0.416 e. The summed E-state index contributed by atoms with van der Waals surface area (Å²) < 4.78 is 57.4. The van der Waals surface area contributed by atoms with Crippen LogP contribution in [-0.2, 0) is 15.7 Å². The molecule has 3 rings (SSSR count). The number of alkyl halides is 3. The van der Waals surface area contributed by atoms with Gasteiger partial charge >= 0.3 is 6.18 Å². The highest BCUT2D eigenvalue weighted by Crippen LogP contribution is 2.33. The van der Waals surface area contributed by atoms with Crippen molar-refractivity contribution in [3.05, 3.63) is 59.4 Å². The first kappa shape index (κ1) is 20.1. The first-order valence-electron chi connectivity index (χ1n) is 8.81. The summed E-state index contributed by atoms with van der Waals surface area (Å²) >= 11 is 0. The third kappa shape index (κ3) is 4.62. The molecule has 1 fully saturated rings. The van der Waals surface area contributed by atoms with Crippen molar-refractivity contribution in [2.24, 2.45) is 5.92 Å². The van der Waals surface area contributed by atoms with Gasteiger partial charge in [-0.2, -0.15) is 13.2 Å². The van der Waals surface area contributed by atoms with E-state index in [0.717, 1.165) is 23.4 Å². The van der Waals surface area contributed by atoms with Crippen molar-refractivity contribution in [1.82, 2.24) is 0 Å². The second-order valence-corrected chi connectivity index (χ2v) is 6.72. The second kappa shape index (κ2) is 8.18. The summed E-state index contributed by atoms with van der Waals surface area (Å²) in [4.78, 5) is 12.5. The van der Waals surface area contributed by atoms with Crippen molar-refractivity contribution < 1.29 is 27.1 Å². The predicted octanol–water partition coefficient (Wildman–Crippen LogP) is 4.65. The molecule has 4 nitrogen and oxygen atoms in total. The normalized spacial score (nSPS) is 19.9. The van der Waals surface area contributed by atoms with Gasteiger partial charge in [-0.1, -0.05) is 12.1 Å². The highest BCUT2D eigenvalue weighted by Gasteiger charge is 2.32. The number of carbonyl (C=O) groups is 1. The molecule has 1 heterocycles. The van der Waals surface area contributed by atoms with Crippen LogP contribution in [0.5, 0.6) is 0 Å². The fourth-order valence-electron chi connectivity index (χ4n) is 3.20. The van der Waals surface area contributed by atoms with Gasteiger partial charge in [0.1, 0.15) is 5.82 Å². The summed E-state index contributed by atoms with van der Waals surface area (Å²) in [6, 6.07) is 9.80. The van der Waals surface area contributed by atoms with E-state index in [4.69, 9.17) is 4.74 Å². The molecule has 1 aliphatic heterocycles. The Morgan fingerprint density at radius 1 is 1.11 bits per heavy atom. The molecule has 1 amide bonds. The summed E-state index contributed by atoms with van der Waals surface area (Å²) in [5.74, 6) is -2.12. The fraction of sp³-hybridized carbons (Fsp3) is 0.350. The minimum atomic E-state index is -4.64. The number of anilines is 2. The van der Waals surface area contributed by atoms with E-state index in [-0.39, 0.29) is 18.2 Å². The molecule has 2 atom stereocenters. The summed E-state index contributed by atoms with van der Waals surface area (Å²) in [6.07, 6.45) is -4.14. The van der Waals surface area contributed by atoms with Crippen LogP contribution in [0.15, 0.2) is 42.5 Å². The standard InChI is InChI=1S/C20H20F4N2O2/c1-25-16-5-2-12(3-6-16)13-8-14(11-28-10-13)19(27)26-18-7-4-15(9-17(18)21)20(22,23)24/h2-7,9,13-14,25H,8,10-11H2,1H3,(H,26,27). The minimum absolute atomic E-state index is 0.00728. The van der Waals surface area contributed by atoms with Crippen molar-refractivity contribution in [3.8, 4) is 0 Å². The van der Waals surface area contributed by atoms with Crippen molar-refractivity contribution >= 4 is 17.3 Å². The first-order chi connectivity index (χ1) is 13.3. The lowest BCUT2D eigenvalue weighted by atomic mass is 9.87. The van der Waals surface area contributed by atoms with E-state index >= 15 is 0 Å². The smallest absolute Gasteiger partial charge is 0.388 e. The van der Waals surface area contributed by atoms with Gasteiger partial charge in [0.25, 0.3) is 0 Å². The molecule has 2 N–H and O–H groups in total. The van der Waals surface area contributed by atoms with Crippen LogP contribution in [0.2, 0.25) is 0 Å². The number of rotatable bonds is 4. The largest absolute Gasteiger partial charge is 0.416 e. The van der Waals surface area contributed by atoms with Gasteiger partial charge in [0.05, 0.1) is 30.4 Å². The average Bonchev–Trinajstić information content (AvgIpc) is 2.69. The fourth-order valence-corrected chi connectivity index (χ4v) is 3.20. The van der Waals surface area contributed by atoms with Crippen LogP contribution in [-0.4, -0.2) is 26.2 Å². The molecule has 0 radical (unpaired) electrons. The van der Waals surface area contributed by atoms with Gasteiger partial charge in [0.2, 0.25) is 5.91 Å². The van der Waals surface area contributed by atoms with E-state index < -0.39 is 29.4 Å². The zero-order valence-electron chi connectivity index (χ0n) is 15.1. The van der Waals surface area contributed by atoms with Crippen molar-refractivity contribution in [2.45, 2.75) is 18.5 Å². The summed E-state index contributed by atoms with van der Waals surface area (Å²) in [5, 5.41) is 5.41. The highest BCUT2D eigenvalue weighted by atomic mass is 19.4. The molecule has 2 aromatic rings. The van der Waals surface area contributed by atoms with Gasteiger partial charge < -0.3 is 15.4 Å². The summed E-state index contributed by atoms with van der Waals surface area (Å²) in [5.41, 5.74) is 0.609. The Bertz CT molecular complexity index is 837. The van der Waals surface area contributed by atoms with Gasteiger partial charge in [0.15, 0.2) is 0 Å². The van der Waals surface area contributed by atoms with Gasteiger partial charge in [-0.25, -0.2) is 4.39 Å². The molecular weight excluding hydrogens is 376 g/mol. The number of hydrogen-bond donors (Lipinski definition) is 2. The molecule has 0 spiro atoms. The van der Waals surface area contributed by atoms with E-state index in [1.165, 1.54) is 0 Å². The maximum absolute atomic E-state index is 14.0. The minimum Gasteiger partial charge on any atom is -0.388 e. The van der Waals surface area contributed by atoms with Crippen LogP contribution in [0.1, 0.15) is 23.5 Å². The number of benzene rings is 2. The number of hydrogen-bond acceptors (Lipinski definition) is 3. The van der Waals surface area contributed by atoms with Gasteiger partial charge in [-0.3, -0.25) is 4.79 Å². The Hall–Kier alpha value is -2.61. The molecule has 0 bridgehead atoms. The lowest BCUT2D eigenvalue weighted by Gasteiger charge is -2.29. The van der Waals surface area contributed by atoms with Gasteiger partial charge in [0, 0.05) is 18.7 Å². The Morgan fingerprint density at radius 3 is 2.43 bits per heavy atom. The molecule has 2 unspecified atom stereocenters. The zero-order chi connectivity index (χ0) is 20.3. The number of carbonyl (C=O) groups excluding carboxylic acids is 1. The Labute approximate surface area is 159 Å². The number of nitrogens with one attached hydrogen (secondary N) is 2. The molecule has 28 heavy (non-hydrogen) atoms. The van der Waals surface area contributed by atoms with Crippen LogP contribution in [0, 0.1) is 11.7 Å². The average molecular weight is 396 g/mol. The third-order valence-corrected chi connectivity index (χ3v) is 4.80.